The van der Waals surface area contributed by atoms with E-state index in [1.54, 1.807) is 0 Å². The van der Waals surface area contributed by atoms with Crippen molar-refractivity contribution < 1.29 is 24.2 Å². The van der Waals surface area contributed by atoms with Crippen LogP contribution in [0.3, 0.4) is 0 Å². The first-order valence-electron chi connectivity index (χ1n) is 10.5. The third-order valence-corrected chi connectivity index (χ3v) is 5.24. The third kappa shape index (κ3) is 7.46. The van der Waals surface area contributed by atoms with E-state index in [0.717, 1.165) is 18.4 Å². The van der Waals surface area contributed by atoms with Crippen LogP contribution in [0.2, 0.25) is 0 Å². The maximum atomic E-state index is 12.9. The number of nitrogens with one attached hydrogen (secondary N) is 4. The molecule has 31 heavy (non-hydrogen) atoms. The number of amides is 2. The highest BCUT2D eigenvalue weighted by Crippen LogP contribution is 2.29. The monoisotopic (exact) mass is 432 g/mol. The predicted octanol–water partition coefficient (Wildman–Crippen LogP) is 1.42. The molecular formula is C22H32N4O5. The highest BCUT2D eigenvalue weighted by molar-refractivity contribution is 5.90. The van der Waals surface area contributed by atoms with E-state index in [-0.39, 0.29) is 24.0 Å². The predicted molar refractivity (Wildman–Crippen MR) is 115 cm³/mol. The number of rotatable bonds is 11. The fourth-order valence-corrected chi connectivity index (χ4v) is 3.56. The van der Waals surface area contributed by atoms with Crippen LogP contribution in [0.1, 0.15) is 45.6 Å². The Labute approximate surface area is 182 Å². The van der Waals surface area contributed by atoms with Gasteiger partial charge in [0.05, 0.1) is 24.2 Å². The first kappa shape index (κ1) is 24.5. The summed E-state index contributed by atoms with van der Waals surface area (Å²) in [4.78, 5) is 36.4. The molecule has 0 unspecified atom stereocenters. The largest absolute Gasteiger partial charge is 0.478 e. The minimum Gasteiger partial charge on any atom is -0.478 e. The summed E-state index contributed by atoms with van der Waals surface area (Å²) in [5.74, 6) is -2.68. The standard InChI is InChI=1S/C22H32N4O5/c1-4-17(5-2)31-19-12-16(22(29)30)11-18(20(19)24-14(3)27)21(28)25-26-23-13-15-9-7-6-8-10-15/h6-10,12,17-20,23,26H,4-5,11,13H2,1-3H3,(H,24,27)(H,25,28)(H,29,30)/t18-,19+,20+/m0/s1. The second kappa shape index (κ2) is 12.2. The van der Waals surface area contributed by atoms with Gasteiger partial charge in [0.15, 0.2) is 0 Å². The van der Waals surface area contributed by atoms with E-state index in [2.05, 4.69) is 21.7 Å². The first-order valence-corrected chi connectivity index (χ1v) is 10.5. The molecule has 0 radical (unpaired) electrons. The van der Waals surface area contributed by atoms with Crippen LogP contribution in [0, 0.1) is 5.92 Å². The maximum absolute atomic E-state index is 12.9. The molecule has 0 spiro atoms. The van der Waals surface area contributed by atoms with Gasteiger partial charge in [0.1, 0.15) is 0 Å². The van der Waals surface area contributed by atoms with Gasteiger partial charge in [-0.1, -0.05) is 44.2 Å². The number of hydrazine groups is 2. The number of carbonyl (C=O) groups is 3. The van der Waals surface area contributed by atoms with E-state index in [1.807, 2.05) is 44.2 Å². The molecule has 3 atom stereocenters. The molecule has 1 aliphatic rings. The quantitative estimate of drug-likeness (QED) is 0.264. The van der Waals surface area contributed by atoms with Crippen LogP contribution < -0.4 is 21.7 Å². The highest BCUT2D eigenvalue weighted by Gasteiger charge is 2.41. The molecule has 9 nitrogen and oxygen atoms in total. The second-order valence-corrected chi connectivity index (χ2v) is 7.53. The molecule has 0 fully saturated rings. The van der Waals surface area contributed by atoms with Crippen molar-refractivity contribution in [1.82, 2.24) is 21.7 Å². The molecule has 1 aromatic carbocycles. The summed E-state index contributed by atoms with van der Waals surface area (Å²) in [5.41, 5.74) is 9.22. The number of ether oxygens (including phenoxy) is 1. The summed E-state index contributed by atoms with van der Waals surface area (Å²) in [5, 5.41) is 12.3. The van der Waals surface area contributed by atoms with Crippen molar-refractivity contribution in [3.63, 3.8) is 0 Å². The summed E-state index contributed by atoms with van der Waals surface area (Å²) in [7, 11) is 0. The van der Waals surface area contributed by atoms with Gasteiger partial charge in [-0.2, -0.15) is 5.53 Å². The lowest BCUT2D eigenvalue weighted by atomic mass is 9.81. The van der Waals surface area contributed by atoms with Crippen LogP contribution in [-0.4, -0.2) is 41.1 Å². The van der Waals surface area contributed by atoms with E-state index in [0.29, 0.717) is 6.54 Å². The van der Waals surface area contributed by atoms with E-state index in [4.69, 9.17) is 4.74 Å². The summed E-state index contributed by atoms with van der Waals surface area (Å²) < 4.78 is 6.08. The lowest BCUT2D eigenvalue weighted by molar-refractivity contribution is -0.135. The molecule has 2 amide bonds. The van der Waals surface area contributed by atoms with Crippen molar-refractivity contribution in [2.24, 2.45) is 5.92 Å². The smallest absolute Gasteiger partial charge is 0.331 e. The van der Waals surface area contributed by atoms with Crippen LogP contribution in [0.5, 0.6) is 0 Å². The summed E-state index contributed by atoms with van der Waals surface area (Å²) in [6, 6.07) is 8.93. The van der Waals surface area contributed by atoms with Crippen LogP contribution in [0.15, 0.2) is 42.0 Å². The topological polar surface area (TPSA) is 129 Å². The number of aliphatic carboxylic acids is 1. The van der Waals surface area contributed by atoms with Gasteiger partial charge in [0, 0.05) is 19.0 Å². The second-order valence-electron chi connectivity index (χ2n) is 7.53. The Morgan fingerprint density at radius 2 is 1.84 bits per heavy atom. The zero-order valence-electron chi connectivity index (χ0n) is 18.2. The van der Waals surface area contributed by atoms with E-state index in [1.165, 1.54) is 13.0 Å². The van der Waals surface area contributed by atoms with Crippen molar-refractivity contribution in [1.29, 1.82) is 0 Å². The Hall–Kier alpha value is -2.75. The average molecular weight is 433 g/mol. The number of benzene rings is 1. The molecule has 0 bridgehead atoms. The van der Waals surface area contributed by atoms with Gasteiger partial charge in [-0.25, -0.2) is 10.2 Å². The molecule has 0 aromatic heterocycles. The molecule has 5 N–H and O–H groups in total. The van der Waals surface area contributed by atoms with Crippen molar-refractivity contribution in [3.05, 3.63) is 47.5 Å². The van der Waals surface area contributed by atoms with Crippen LogP contribution in [0.4, 0.5) is 0 Å². The Morgan fingerprint density at radius 1 is 1.16 bits per heavy atom. The van der Waals surface area contributed by atoms with E-state index < -0.39 is 29.9 Å². The molecule has 0 saturated carbocycles. The molecule has 0 saturated heterocycles. The van der Waals surface area contributed by atoms with Crippen LogP contribution in [0.25, 0.3) is 0 Å². The van der Waals surface area contributed by atoms with Gasteiger partial charge in [0.25, 0.3) is 0 Å². The van der Waals surface area contributed by atoms with Crippen LogP contribution >= 0.6 is 0 Å². The SMILES string of the molecule is CCC(CC)O[C@@H]1C=C(C(=O)O)C[C@H](C(=O)NNNCc2ccccc2)[C@H]1NC(C)=O. The molecule has 2 rings (SSSR count). The van der Waals surface area contributed by atoms with Gasteiger partial charge in [-0.3, -0.25) is 15.0 Å². The lowest BCUT2D eigenvalue weighted by Gasteiger charge is -2.37. The van der Waals surface area contributed by atoms with Crippen molar-refractivity contribution in [3.8, 4) is 0 Å². The summed E-state index contributed by atoms with van der Waals surface area (Å²) >= 11 is 0. The normalized spacial score (nSPS) is 20.8. The Bertz CT molecular complexity index is 779. The molecule has 9 heteroatoms. The molecule has 170 valence electrons. The van der Waals surface area contributed by atoms with Crippen molar-refractivity contribution in [2.45, 2.75) is 64.8 Å². The minimum atomic E-state index is -1.10. The van der Waals surface area contributed by atoms with Gasteiger partial charge in [-0.05, 0) is 30.9 Å². The number of hydrogen-bond donors (Lipinski definition) is 5. The summed E-state index contributed by atoms with van der Waals surface area (Å²) in [6.07, 6.45) is 2.12. The van der Waals surface area contributed by atoms with Gasteiger partial charge in [0.2, 0.25) is 11.8 Å². The molecule has 1 aliphatic carbocycles. The van der Waals surface area contributed by atoms with Crippen molar-refractivity contribution in [2.75, 3.05) is 0 Å². The van der Waals surface area contributed by atoms with E-state index in [9.17, 15) is 19.5 Å². The Kier molecular flexibility index (Phi) is 9.64. The molecular weight excluding hydrogens is 400 g/mol. The number of carboxylic acids is 1. The maximum Gasteiger partial charge on any atom is 0.331 e. The Balaban J connectivity index is 2.10. The lowest BCUT2D eigenvalue weighted by Crippen LogP contribution is -2.58. The number of carbonyl (C=O) groups excluding carboxylic acids is 2. The molecule has 0 aliphatic heterocycles. The zero-order chi connectivity index (χ0) is 22.8. The summed E-state index contributed by atoms with van der Waals surface area (Å²) in [6.45, 7) is 5.78. The third-order valence-electron chi connectivity index (χ3n) is 5.24. The Morgan fingerprint density at radius 3 is 2.42 bits per heavy atom. The van der Waals surface area contributed by atoms with Gasteiger partial charge < -0.3 is 15.2 Å². The van der Waals surface area contributed by atoms with Gasteiger partial charge in [-0.15, -0.1) is 0 Å². The molecule has 1 aromatic rings. The highest BCUT2D eigenvalue weighted by atomic mass is 16.5. The number of hydrogen-bond acceptors (Lipinski definition) is 6. The first-order chi connectivity index (χ1) is 14.8. The van der Waals surface area contributed by atoms with Gasteiger partial charge >= 0.3 is 5.97 Å². The fourth-order valence-electron chi connectivity index (χ4n) is 3.56. The average Bonchev–Trinajstić information content (AvgIpc) is 2.75. The molecule has 0 heterocycles. The van der Waals surface area contributed by atoms with Crippen LogP contribution in [-0.2, 0) is 25.7 Å². The van der Waals surface area contributed by atoms with E-state index >= 15 is 0 Å². The number of carboxylic acid groups (broad SMARTS) is 1. The minimum absolute atomic E-state index is 0.0186. The van der Waals surface area contributed by atoms with Crippen molar-refractivity contribution >= 4 is 17.8 Å². The zero-order valence-corrected chi connectivity index (χ0v) is 18.2. The fraction of sp³-hybridized carbons (Fsp3) is 0.500.